The summed E-state index contributed by atoms with van der Waals surface area (Å²) in [6.07, 6.45) is 1.73. The minimum absolute atomic E-state index is 0.163. The number of ether oxygens (including phenoxy) is 1. The lowest BCUT2D eigenvalue weighted by Crippen LogP contribution is -2.19. The van der Waals surface area contributed by atoms with Crippen LogP contribution >= 0.6 is 0 Å². The Morgan fingerprint density at radius 1 is 1.25 bits per heavy atom. The van der Waals surface area contributed by atoms with Crippen molar-refractivity contribution in [1.82, 2.24) is 5.32 Å². The molecule has 2 rings (SSSR count). The average molecular weight is 267 g/mol. The molecule has 20 heavy (non-hydrogen) atoms. The average Bonchev–Trinajstić information content (AvgIpc) is 2.52. The van der Waals surface area contributed by atoms with Gasteiger partial charge in [0.05, 0.1) is 5.56 Å². The monoisotopic (exact) mass is 267 g/mol. The molecule has 2 aromatic carbocycles. The Bertz CT molecular complexity index is 606. The molecule has 102 valence electrons. The van der Waals surface area contributed by atoms with Crippen molar-refractivity contribution < 1.29 is 9.53 Å². The van der Waals surface area contributed by atoms with E-state index in [2.05, 4.69) is 11.9 Å². The molecule has 3 nitrogen and oxygen atoms in total. The first-order chi connectivity index (χ1) is 9.74. The number of carbonyl (C=O) groups is 1. The third kappa shape index (κ3) is 3.26. The van der Waals surface area contributed by atoms with Gasteiger partial charge < -0.3 is 10.1 Å². The maximum atomic E-state index is 11.8. The van der Waals surface area contributed by atoms with Gasteiger partial charge >= 0.3 is 0 Å². The molecule has 0 aliphatic rings. The maximum Gasteiger partial charge on any atom is 0.254 e. The van der Waals surface area contributed by atoms with E-state index in [1.54, 1.807) is 19.2 Å². The van der Waals surface area contributed by atoms with Gasteiger partial charge in [-0.1, -0.05) is 49.1 Å². The summed E-state index contributed by atoms with van der Waals surface area (Å²) in [6, 6.07) is 15.2. The lowest BCUT2D eigenvalue weighted by Gasteiger charge is -2.11. The summed E-state index contributed by atoms with van der Waals surface area (Å²) in [5, 5.41) is 2.61. The highest BCUT2D eigenvalue weighted by Crippen LogP contribution is 2.22. The minimum atomic E-state index is -0.163. The highest BCUT2D eigenvalue weighted by atomic mass is 16.5. The minimum Gasteiger partial charge on any atom is -0.488 e. The van der Waals surface area contributed by atoms with Crippen molar-refractivity contribution in [3.05, 3.63) is 71.8 Å². The molecule has 0 saturated heterocycles. The molecule has 0 unspecified atom stereocenters. The van der Waals surface area contributed by atoms with Crippen LogP contribution in [0.1, 0.15) is 21.5 Å². The lowest BCUT2D eigenvalue weighted by atomic mass is 10.1. The fourth-order valence-electron chi connectivity index (χ4n) is 1.84. The van der Waals surface area contributed by atoms with Crippen LogP contribution < -0.4 is 10.1 Å². The topological polar surface area (TPSA) is 38.3 Å². The van der Waals surface area contributed by atoms with Gasteiger partial charge in [-0.05, 0) is 23.3 Å². The second kappa shape index (κ2) is 6.57. The number of benzene rings is 2. The first-order valence-electron chi connectivity index (χ1n) is 6.40. The maximum absolute atomic E-state index is 11.8. The van der Waals surface area contributed by atoms with Crippen molar-refractivity contribution in [1.29, 1.82) is 0 Å². The number of hydrogen-bond acceptors (Lipinski definition) is 2. The van der Waals surface area contributed by atoms with Crippen molar-refractivity contribution in [3.63, 3.8) is 0 Å². The molecular weight excluding hydrogens is 250 g/mol. The zero-order valence-corrected chi connectivity index (χ0v) is 11.4. The molecule has 0 atom stereocenters. The number of nitrogens with one attached hydrogen (secondary N) is 1. The summed E-state index contributed by atoms with van der Waals surface area (Å²) in [5.41, 5.74) is 2.49. The molecule has 0 aliphatic carbocycles. The van der Waals surface area contributed by atoms with E-state index in [9.17, 15) is 4.79 Å². The van der Waals surface area contributed by atoms with E-state index in [0.29, 0.717) is 17.9 Å². The third-order valence-corrected chi connectivity index (χ3v) is 2.95. The Morgan fingerprint density at radius 2 is 2.00 bits per heavy atom. The summed E-state index contributed by atoms with van der Waals surface area (Å²) >= 11 is 0. The summed E-state index contributed by atoms with van der Waals surface area (Å²) in [6.45, 7) is 4.15. The highest BCUT2D eigenvalue weighted by Gasteiger charge is 2.11. The van der Waals surface area contributed by atoms with E-state index in [1.165, 1.54) is 0 Å². The first kappa shape index (κ1) is 13.9. The molecule has 0 aromatic heterocycles. The van der Waals surface area contributed by atoms with E-state index in [-0.39, 0.29) is 5.91 Å². The molecule has 0 spiro atoms. The summed E-state index contributed by atoms with van der Waals surface area (Å²) in [5.74, 6) is 0.397. The molecule has 0 fully saturated rings. The Kier molecular flexibility index (Phi) is 4.56. The molecule has 3 heteroatoms. The molecule has 0 saturated carbocycles. The molecule has 1 amide bonds. The van der Waals surface area contributed by atoms with Gasteiger partial charge in [-0.25, -0.2) is 0 Å². The molecule has 0 heterocycles. The van der Waals surface area contributed by atoms with Crippen LogP contribution in [0.5, 0.6) is 5.75 Å². The summed E-state index contributed by atoms with van der Waals surface area (Å²) < 4.78 is 5.78. The van der Waals surface area contributed by atoms with E-state index < -0.39 is 0 Å². The number of hydrogen-bond donors (Lipinski definition) is 1. The largest absolute Gasteiger partial charge is 0.488 e. The number of rotatable bonds is 5. The van der Waals surface area contributed by atoms with Gasteiger partial charge in [0.2, 0.25) is 0 Å². The van der Waals surface area contributed by atoms with E-state index in [1.807, 2.05) is 42.5 Å². The Hall–Kier alpha value is -2.55. The molecular formula is C17H17NO2. The van der Waals surface area contributed by atoms with Crippen LogP contribution in [-0.2, 0) is 6.61 Å². The quantitative estimate of drug-likeness (QED) is 0.903. The van der Waals surface area contributed by atoms with Gasteiger partial charge in [-0.2, -0.15) is 0 Å². The third-order valence-electron chi connectivity index (χ3n) is 2.95. The van der Waals surface area contributed by atoms with Gasteiger partial charge in [0.1, 0.15) is 12.4 Å². The first-order valence-corrected chi connectivity index (χ1v) is 6.40. The molecule has 0 radical (unpaired) electrons. The van der Waals surface area contributed by atoms with Crippen LogP contribution in [0.2, 0.25) is 0 Å². The normalized spacial score (nSPS) is 9.85. The van der Waals surface area contributed by atoms with Crippen molar-refractivity contribution in [2.24, 2.45) is 0 Å². The lowest BCUT2D eigenvalue weighted by molar-refractivity contribution is 0.0958. The van der Waals surface area contributed by atoms with E-state index in [0.717, 1.165) is 11.1 Å². The van der Waals surface area contributed by atoms with Crippen molar-refractivity contribution in [2.45, 2.75) is 6.61 Å². The SMILES string of the molecule is C=Cc1ccc(C(=O)NC)c(OCc2ccccc2)c1. The Balaban J connectivity index is 2.24. The Morgan fingerprint density at radius 3 is 2.65 bits per heavy atom. The molecule has 0 bridgehead atoms. The van der Waals surface area contributed by atoms with Crippen LogP contribution in [-0.4, -0.2) is 13.0 Å². The fourth-order valence-corrected chi connectivity index (χ4v) is 1.84. The fraction of sp³-hybridized carbons (Fsp3) is 0.118. The van der Waals surface area contributed by atoms with Crippen molar-refractivity contribution in [2.75, 3.05) is 7.05 Å². The predicted octanol–water partition coefficient (Wildman–Crippen LogP) is 3.27. The number of carbonyl (C=O) groups excluding carboxylic acids is 1. The zero-order valence-electron chi connectivity index (χ0n) is 11.4. The van der Waals surface area contributed by atoms with Gasteiger partial charge in [-0.3, -0.25) is 4.79 Å². The standard InChI is InChI=1S/C17H17NO2/c1-3-13-9-10-15(17(19)18-2)16(11-13)20-12-14-7-5-4-6-8-14/h3-11H,1,12H2,2H3,(H,18,19). The van der Waals surface area contributed by atoms with E-state index >= 15 is 0 Å². The van der Waals surface area contributed by atoms with Gasteiger partial charge in [0.25, 0.3) is 5.91 Å². The highest BCUT2D eigenvalue weighted by molar-refractivity contribution is 5.97. The smallest absolute Gasteiger partial charge is 0.254 e. The molecule has 2 aromatic rings. The molecule has 0 aliphatic heterocycles. The van der Waals surface area contributed by atoms with Crippen molar-refractivity contribution >= 4 is 12.0 Å². The van der Waals surface area contributed by atoms with Crippen LogP contribution in [0.25, 0.3) is 6.08 Å². The van der Waals surface area contributed by atoms with Crippen LogP contribution in [0.4, 0.5) is 0 Å². The summed E-state index contributed by atoms with van der Waals surface area (Å²) in [4.78, 5) is 11.8. The summed E-state index contributed by atoms with van der Waals surface area (Å²) in [7, 11) is 1.60. The van der Waals surface area contributed by atoms with Crippen molar-refractivity contribution in [3.8, 4) is 5.75 Å². The second-order valence-electron chi connectivity index (χ2n) is 4.31. The van der Waals surface area contributed by atoms with E-state index in [4.69, 9.17) is 4.74 Å². The zero-order chi connectivity index (χ0) is 14.4. The van der Waals surface area contributed by atoms with Crippen LogP contribution in [0.3, 0.4) is 0 Å². The van der Waals surface area contributed by atoms with Gasteiger partial charge in [0, 0.05) is 7.05 Å². The van der Waals surface area contributed by atoms with Gasteiger partial charge in [0.15, 0.2) is 0 Å². The van der Waals surface area contributed by atoms with Crippen LogP contribution in [0, 0.1) is 0 Å². The van der Waals surface area contributed by atoms with Gasteiger partial charge in [-0.15, -0.1) is 0 Å². The second-order valence-corrected chi connectivity index (χ2v) is 4.31. The van der Waals surface area contributed by atoms with Crippen LogP contribution in [0.15, 0.2) is 55.1 Å². The Labute approximate surface area is 118 Å². The predicted molar refractivity (Wildman–Crippen MR) is 80.7 cm³/mol. The number of amides is 1. The molecule has 1 N–H and O–H groups in total.